The number of hydrogen-bond acceptors (Lipinski definition) is 10. The van der Waals surface area contributed by atoms with Crippen LogP contribution in [0, 0.1) is 12.3 Å². The van der Waals surface area contributed by atoms with E-state index in [-0.39, 0.29) is 5.41 Å². The number of rotatable bonds is 13. The summed E-state index contributed by atoms with van der Waals surface area (Å²) < 4.78 is 19.8. The Bertz CT molecular complexity index is 2410. The van der Waals surface area contributed by atoms with E-state index >= 15 is 0 Å². The zero-order valence-corrected chi connectivity index (χ0v) is 33.7. The number of amides is 2. The highest BCUT2D eigenvalue weighted by molar-refractivity contribution is 6.07. The maximum Gasteiger partial charge on any atom is 0.324 e. The summed E-state index contributed by atoms with van der Waals surface area (Å²) in [5.41, 5.74) is 11.9. The highest BCUT2D eigenvalue weighted by atomic mass is 16.5. The number of nitrogen functional groups attached to an aromatic ring is 1. The number of pyridine rings is 1. The van der Waals surface area contributed by atoms with Crippen LogP contribution in [-0.2, 0) is 16.6 Å². The van der Waals surface area contributed by atoms with E-state index in [1.54, 1.807) is 10.9 Å². The monoisotopic (exact) mass is 781 g/mol. The van der Waals surface area contributed by atoms with Crippen LogP contribution in [0.2, 0.25) is 0 Å². The van der Waals surface area contributed by atoms with Crippen molar-refractivity contribution in [2.24, 2.45) is 0 Å². The largest absolute Gasteiger partial charge is 0.492 e. The van der Waals surface area contributed by atoms with Gasteiger partial charge in [-0.05, 0) is 73.5 Å². The number of morpholine rings is 1. The molecule has 6 N–H and O–H groups in total. The fraction of sp³-hybridized carbons (Fsp3) is 0.289. The molecular weight excluding hydrogens is 731 g/mol. The van der Waals surface area contributed by atoms with E-state index in [9.17, 15) is 4.79 Å². The summed E-state index contributed by atoms with van der Waals surface area (Å²) in [7, 11) is 0. The number of anilines is 5. The Hall–Kier alpha value is -6.44. The minimum absolute atomic E-state index is 0.254. The third-order valence-electron chi connectivity index (χ3n) is 10.1. The van der Waals surface area contributed by atoms with E-state index < -0.39 is 6.03 Å². The van der Waals surface area contributed by atoms with Crippen LogP contribution in [-0.4, -0.2) is 71.4 Å². The number of hydrogen-bond donors (Lipinski definition) is 5. The molecule has 7 rings (SSSR count). The smallest absolute Gasteiger partial charge is 0.324 e. The van der Waals surface area contributed by atoms with Gasteiger partial charge in [0.1, 0.15) is 35.5 Å². The van der Waals surface area contributed by atoms with E-state index in [1.807, 2.05) is 98.8 Å². The van der Waals surface area contributed by atoms with E-state index in [2.05, 4.69) is 46.6 Å². The normalized spacial score (nSPS) is 13.3. The lowest BCUT2D eigenvalue weighted by Crippen LogP contribution is -2.38. The van der Waals surface area contributed by atoms with Crippen molar-refractivity contribution in [3.8, 4) is 22.9 Å². The first-order valence-electron chi connectivity index (χ1n) is 19.6. The maximum atomic E-state index is 13.7. The molecule has 0 atom stereocenters. The number of nitrogens with zero attached hydrogens (tertiary/aromatic N) is 4. The molecule has 2 amide bonds. The fourth-order valence-corrected chi connectivity index (χ4v) is 6.87. The molecule has 58 heavy (non-hydrogen) atoms. The van der Waals surface area contributed by atoms with Crippen molar-refractivity contribution in [1.82, 2.24) is 19.7 Å². The van der Waals surface area contributed by atoms with Gasteiger partial charge in [-0.1, -0.05) is 52.0 Å². The van der Waals surface area contributed by atoms with Gasteiger partial charge in [0.2, 0.25) is 0 Å². The molecule has 0 spiro atoms. The second-order valence-corrected chi connectivity index (χ2v) is 15.3. The van der Waals surface area contributed by atoms with E-state index in [1.165, 1.54) is 6.21 Å². The first-order chi connectivity index (χ1) is 28.0. The van der Waals surface area contributed by atoms with Crippen molar-refractivity contribution < 1.29 is 19.0 Å². The topological polar surface area (TPSA) is 165 Å². The summed E-state index contributed by atoms with van der Waals surface area (Å²) in [6.07, 6.45) is 3.60. The summed E-state index contributed by atoms with van der Waals surface area (Å²) >= 11 is 0. The molecule has 300 valence electrons. The van der Waals surface area contributed by atoms with Crippen LogP contribution in [0.25, 0.3) is 16.5 Å². The summed E-state index contributed by atoms with van der Waals surface area (Å²) in [6.45, 7) is 15.0. The Labute approximate surface area is 339 Å². The maximum absolute atomic E-state index is 13.7. The molecular formula is C45H51N9O4. The van der Waals surface area contributed by atoms with Crippen molar-refractivity contribution in [1.29, 1.82) is 5.41 Å². The van der Waals surface area contributed by atoms with Crippen molar-refractivity contribution in [2.75, 3.05) is 61.1 Å². The zero-order chi connectivity index (χ0) is 40.8. The van der Waals surface area contributed by atoms with Crippen LogP contribution in [0.15, 0.2) is 91.1 Å². The molecule has 1 fully saturated rings. The third-order valence-corrected chi connectivity index (χ3v) is 10.1. The molecule has 0 saturated carbocycles. The van der Waals surface area contributed by atoms with Crippen molar-refractivity contribution in [3.05, 3.63) is 114 Å². The predicted octanol–water partition coefficient (Wildman–Crippen LogP) is 9.06. The Balaban J connectivity index is 1.08. The van der Waals surface area contributed by atoms with Gasteiger partial charge in [0.05, 0.1) is 30.3 Å². The zero-order valence-electron chi connectivity index (χ0n) is 33.7. The minimum Gasteiger partial charge on any atom is -0.492 e. The molecule has 1 aliphatic rings. The van der Waals surface area contributed by atoms with Crippen LogP contribution in [0.3, 0.4) is 0 Å². The fourth-order valence-electron chi connectivity index (χ4n) is 6.87. The number of ether oxygens (including phenoxy) is 3. The quantitative estimate of drug-likeness (QED) is 0.0568. The molecule has 0 unspecified atom stereocenters. The summed E-state index contributed by atoms with van der Waals surface area (Å²) in [5, 5.41) is 23.8. The molecule has 0 bridgehead atoms. The lowest BCUT2D eigenvalue weighted by atomic mass is 9.92. The number of aromatic nitrogens is 3. The first-order valence-corrected chi connectivity index (χ1v) is 19.6. The molecule has 13 heteroatoms. The lowest BCUT2D eigenvalue weighted by molar-refractivity contribution is 0.0322. The van der Waals surface area contributed by atoms with Gasteiger partial charge in [0, 0.05) is 76.8 Å². The Kier molecular flexibility index (Phi) is 11.9. The summed E-state index contributed by atoms with van der Waals surface area (Å²) in [6, 6.07) is 26.3. The minimum atomic E-state index is -0.411. The Morgan fingerprint density at radius 1 is 0.966 bits per heavy atom. The number of carbonyl (C=O) groups excluding carboxylic acids is 1. The van der Waals surface area contributed by atoms with Gasteiger partial charge in [0.25, 0.3) is 0 Å². The van der Waals surface area contributed by atoms with Gasteiger partial charge in [-0.3, -0.25) is 10.2 Å². The molecule has 1 saturated heterocycles. The molecule has 6 aromatic rings. The van der Waals surface area contributed by atoms with Crippen LogP contribution >= 0.6 is 0 Å². The molecule has 13 nitrogen and oxygen atoms in total. The Morgan fingerprint density at radius 3 is 2.45 bits per heavy atom. The lowest BCUT2D eigenvalue weighted by Gasteiger charge is -2.26. The number of aryl methyl sites for hydroxylation is 1. The molecule has 0 radical (unpaired) electrons. The molecule has 3 heterocycles. The van der Waals surface area contributed by atoms with E-state index in [0.29, 0.717) is 53.1 Å². The van der Waals surface area contributed by atoms with E-state index in [0.717, 1.165) is 77.6 Å². The highest BCUT2D eigenvalue weighted by Gasteiger charge is 2.22. The SMILES string of the molecule is CCc1c(Oc2ccc(NC(=O)Nc3cc(C(C)(C)C)nn3-c3ccc(OCCN4CCOCC4)cc3)c3ccccc23)ccnc1Nc1cc(C)c(N)c(C=N)c1. The van der Waals surface area contributed by atoms with Gasteiger partial charge in [-0.2, -0.15) is 5.10 Å². The second kappa shape index (κ2) is 17.4. The van der Waals surface area contributed by atoms with Gasteiger partial charge in [-0.15, -0.1) is 0 Å². The number of carbonyl (C=O) groups is 1. The third kappa shape index (κ3) is 9.06. The molecule has 4 aromatic carbocycles. The Morgan fingerprint density at radius 2 is 1.72 bits per heavy atom. The standard InChI is InChI=1S/C45H51N9O4/c1-6-34-39(17-18-48-43(34)49-31-25-29(2)42(47)30(26-31)28-46)58-38-16-15-37(35-9-7-8-10-36(35)38)50-44(55)51-41-27-40(45(3,4)5)52-54(41)32-11-13-33(14-12-32)57-24-21-53-19-22-56-23-20-53/h7-18,25-28,46H,6,19-24,47H2,1-5H3,(H,48,49)(H2,50,51,55). The number of nitrogens with one attached hydrogen (secondary N) is 4. The molecule has 2 aromatic heterocycles. The number of urea groups is 1. The van der Waals surface area contributed by atoms with Crippen LogP contribution in [0.5, 0.6) is 17.2 Å². The van der Waals surface area contributed by atoms with Crippen LogP contribution in [0.1, 0.15) is 50.1 Å². The summed E-state index contributed by atoms with van der Waals surface area (Å²) in [5.74, 6) is 3.23. The van der Waals surface area contributed by atoms with Gasteiger partial charge in [0.15, 0.2) is 0 Å². The van der Waals surface area contributed by atoms with E-state index in [4.69, 9.17) is 30.5 Å². The van der Waals surface area contributed by atoms with Crippen LogP contribution < -0.4 is 31.2 Å². The molecule has 0 aliphatic carbocycles. The van der Waals surface area contributed by atoms with Crippen LogP contribution in [0.4, 0.5) is 33.5 Å². The summed E-state index contributed by atoms with van der Waals surface area (Å²) in [4.78, 5) is 20.7. The average molecular weight is 782 g/mol. The molecule has 1 aliphatic heterocycles. The van der Waals surface area contributed by atoms with Gasteiger partial charge >= 0.3 is 6.03 Å². The van der Waals surface area contributed by atoms with Crippen molar-refractivity contribution >= 4 is 51.7 Å². The number of fused-ring (bicyclic) bond motifs is 1. The van der Waals surface area contributed by atoms with Crippen molar-refractivity contribution in [3.63, 3.8) is 0 Å². The number of nitrogens with two attached hydrogens (primary N) is 1. The second-order valence-electron chi connectivity index (χ2n) is 15.3. The average Bonchev–Trinajstić information content (AvgIpc) is 3.65. The van der Waals surface area contributed by atoms with Gasteiger partial charge < -0.3 is 36.0 Å². The van der Waals surface area contributed by atoms with Gasteiger partial charge in [-0.25, -0.2) is 14.5 Å². The predicted molar refractivity (Wildman–Crippen MR) is 232 cm³/mol. The van der Waals surface area contributed by atoms with Crippen molar-refractivity contribution in [2.45, 2.75) is 46.5 Å². The highest BCUT2D eigenvalue weighted by Crippen LogP contribution is 2.38. The first kappa shape index (κ1) is 39.8. The number of benzene rings is 4.